The van der Waals surface area contributed by atoms with Crippen LogP contribution in [0, 0.1) is 0 Å². The maximum absolute atomic E-state index is 11.4. The Morgan fingerprint density at radius 1 is 1.47 bits per heavy atom. The Labute approximate surface area is 102 Å². The average Bonchev–Trinajstić information content (AvgIpc) is 2.34. The maximum atomic E-state index is 11.4. The van der Waals surface area contributed by atoms with Gasteiger partial charge in [0, 0.05) is 18.9 Å². The molecule has 1 aromatic heterocycles. The molecule has 6 heteroatoms. The lowest BCUT2D eigenvalue weighted by Crippen LogP contribution is -2.09. The van der Waals surface area contributed by atoms with E-state index in [1.165, 1.54) is 12.4 Å². The van der Waals surface area contributed by atoms with E-state index in [0.717, 1.165) is 5.56 Å². The molecule has 0 saturated heterocycles. The van der Waals surface area contributed by atoms with E-state index in [1.54, 1.807) is 18.2 Å². The third-order valence-corrected chi connectivity index (χ3v) is 2.41. The van der Waals surface area contributed by atoms with Gasteiger partial charge in [0.15, 0.2) is 0 Å². The van der Waals surface area contributed by atoms with Crippen LogP contribution in [0.25, 0.3) is 0 Å². The van der Waals surface area contributed by atoms with Crippen LogP contribution in [0.1, 0.15) is 5.56 Å². The van der Waals surface area contributed by atoms with E-state index >= 15 is 0 Å². The van der Waals surface area contributed by atoms with Gasteiger partial charge in [-0.2, -0.15) is 0 Å². The molecule has 0 aliphatic rings. The molecule has 0 aliphatic heterocycles. The number of ether oxygens (including phenoxy) is 1. The largest absolute Gasteiger partial charge is 0.433 e. The number of aromatic amines is 1. The van der Waals surface area contributed by atoms with Crippen LogP contribution in [-0.2, 0) is 6.54 Å². The minimum Gasteiger partial charge on any atom is -0.433 e. The molecule has 0 bridgehead atoms. The highest BCUT2D eigenvalue weighted by Crippen LogP contribution is 2.27. The van der Waals surface area contributed by atoms with Crippen molar-refractivity contribution in [2.24, 2.45) is 5.73 Å². The fourth-order valence-electron chi connectivity index (χ4n) is 1.27. The highest BCUT2D eigenvalue weighted by Gasteiger charge is 2.07. The van der Waals surface area contributed by atoms with Gasteiger partial charge >= 0.3 is 5.56 Å². The Balaban J connectivity index is 2.31. The van der Waals surface area contributed by atoms with Crippen LogP contribution in [0.4, 0.5) is 0 Å². The molecule has 0 fully saturated rings. The standard InChI is InChI=1S/C11H10ClN3O2/c12-8-5-7(6-13)1-2-9(8)17-11-10(16)14-3-4-15-11/h1-5H,6,13H2,(H,14,16). The summed E-state index contributed by atoms with van der Waals surface area (Å²) in [5, 5.41) is 0.387. The van der Waals surface area contributed by atoms with Crippen LogP contribution in [-0.4, -0.2) is 9.97 Å². The highest BCUT2D eigenvalue weighted by molar-refractivity contribution is 6.32. The van der Waals surface area contributed by atoms with E-state index in [9.17, 15) is 4.79 Å². The van der Waals surface area contributed by atoms with Crippen molar-refractivity contribution in [1.29, 1.82) is 0 Å². The quantitative estimate of drug-likeness (QED) is 0.870. The number of halogens is 1. The molecule has 17 heavy (non-hydrogen) atoms. The Morgan fingerprint density at radius 2 is 2.29 bits per heavy atom. The number of rotatable bonds is 3. The zero-order valence-corrected chi connectivity index (χ0v) is 9.57. The van der Waals surface area contributed by atoms with Crippen LogP contribution in [0.3, 0.4) is 0 Å². The molecule has 0 unspecified atom stereocenters. The molecule has 88 valence electrons. The first-order valence-corrected chi connectivity index (χ1v) is 5.28. The minimum atomic E-state index is -0.411. The average molecular weight is 252 g/mol. The number of aromatic nitrogens is 2. The van der Waals surface area contributed by atoms with Gasteiger partial charge in [0.05, 0.1) is 5.02 Å². The van der Waals surface area contributed by atoms with E-state index in [2.05, 4.69) is 9.97 Å². The molecule has 0 spiro atoms. The summed E-state index contributed by atoms with van der Waals surface area (Å²) in [6.07, 6.45) is 2.85. The third kappa shape index (κ3) is 2.64. The van der Waals surface area contributed by atoms with Gasteiger partial charge < -0.3 is 15.5 Å². The Morgan fingerprint density at radius 3 is 2.94 bits per heavy atom. The van der Waals surface area contributed by atoms with Gasteiger partial charge in [-0.1, -0.05) is 17.7 Å². The first-order valence-electron chi connectivity index (χ1n) is 4.91. The SMILES string of the molecule is NCc1ccc(Oc2ncc[nH]c2=O)c(Cl)c1. The van der Waals surface area contributed by atoms with Crippen molar-refractivity contribution >= 4 is 11.6 Å². The number of hydrogen-bond donors (Lipinski definition) is 2. The molecule has 0 saturated carbocycles. The van der Waals surface area contributed by atoms with Crippen molar-refractivity contribution in [1.82, 2.24) is 9.97 Å². The summed E-state index contributed by atoms with van der Waals surface area (Å²) in [5.74, 6) is 0.322. The molecular formula is C11H10ClN3O2. The predicted octanol–water partition coefficient (Wildman–Crippen LogP) is 1.67. The summed E-state index contributed by atoms with van der Waals surface area (Å²) < 4.78 is 5.31. The Kier molecular flexibility index (Phi) is 3.41. The normalized spacial score (nSPS) is 10.2. The Hall–Kier alpha value is -1.85. The van der Waals surface area contributed by atoms with Gasteiger partial charge in [0.1, 0.15) is 5.75 Å². The topological polar surface area (TPSA) is 81.0 Å². The first-order chi connectivity index (χ1) is 8.20. The summed E-state index contributed by atoms with van der Waals surface area (Å²) >= 11 is 5.99. The fraction of sp³-hybridized carbons (Fsp3) is 0.0909. The van der Waals surface area contributed by atoms with Gasteiger partial charge in [0.2, 0.25) is 0 Å². The van der Waals surface area contributed by atoms with Crippen LogP contribution >= 0.6 is 11.6 Å². The van der Waals surface area contributed by atoms with Crippen molar-refractivity contribution in [3.63, 3.8) is 0 Å². The molecule has 1 heterocycles. The van der Waals surface area contributed by atoms with E-state index in [4.69, 9.17) is 22.1 Å². The number of nitrogens with zero attached hydrogens (tertiary/aromatic N) is 1. The zero-order chi connectivity index (χ0) is 12.3. The van der Waals surface area contributed by atoms with E-state index in [0.29, 0.717) is 17.3 Å². The first kappa shape index (κ1) is 11.6. The minimum absolute atomic E-state index is 0.0464. The molecular weight excluding hydrogens is 242 g/mol. The summed E-state index contributed by atoms with van der Waals surface area (Å²) in [7, 11) is 0. The molecule has 0 aliphatic carbocycles. The predicted molar refractivity (Wildman–Crippen MR) is 64.3 cm³/mol. The summed E-state index contributed by atoms with van der Waals surface area (Å²) in [5.41, 5.74) is 5.95. The molecule has 1 aromatic carbocycles. The fourth-order valence-corrected chi connectivity index (χ4v) is 1.51. The monoisotopic (exact) mass is 251 g/mol. The van der Waals surface area contributed by atoms with Gasteiger partial charge in [-0.15, -0.1) is 0 Å². The molecule has 2 aromatic rings. The molecule has 0 radical (unpaired) electrons. The summed E-state index contributed by atoms with van der Waals surface area (Å²) in [6, 6.07) is 5.12. The lowest BCUT2D eigenvalue weighted by molar-refractivity contribution is 0.454. The molecule has 0 amide bonds. The van der Waals surface area contributed by atoms with Gasteiger partial charge in [-0.05, 0) is 17.7 Å². The number of nitrogens with two attached hydrogens (primary N) is 1. The van der Waals surface area contributed by atoms with Crippen molar-refractivity contribution < 1.29 is 4.74 Å². The maximum Gasteiger partial charge on any atom is 0.311 e. The van der Waals surface area contributed by atoms with Gasteiger partial charge in [-0.25, -0.2) is 4.98 Å². The highest BCUT2D eigenvalue weighted by atomic mass is 35.5. The second kappa shape index (κ2) is 4.99. The van der Waals surface area contributed by atoms with Crippen LogP contribution in [0.5, 0.6) is 11.6 Å². The molecule has 5 nitrogen and oxygen atoms in total. The van der Waals surface area contributed by atoms with Crippen LogP contribution in [0.15, 0.2) is 35.4 Å². The van der Waals surface area contributed by atoms with E-state index < -0.39 is 5.56 Å². The van der Waals surface area contributed by atoms with Crippen LogP contribution in [0.2, 0.25) is 5.02 Å². The van der Waals surface area contributed by atoms with Crippen molar-refractivity contribution in [2.45, 2.75) is 6.54 Å². The third-order valence-electron chi connectivity index (χ3n) is 2.11. The van der Waals surface area contributed by atoms with Crippen molar-refractivity contribution in [3.05, 3.63) is 51.5 Å². The smallest absolute Gasteiger partial charge is 0.311 e. The molecule has 3 N–H and O–H groups in total. The second-order valence-electron chi connectivity index (χ2n) is 3.29. The number of H-pyrrole nitrogens is 1. The lowest BCUT2D eigenvalue weighted by atomic mass is 10.2. The lowest BCUT2D eigenvalue weighted by Gasteiger charge is -2.06. The van der Waals surface area contributed by atoms with E-state index in [1.807, 2.05) is 0 Å². The van der Waals surface area contributed by atoms with Crippen molar-refractivity contribution in [3.8, 4) is 11.6 Å². The molecule has 0 atom stereocenters. The second-order valence-corrected chi connectivity index (χ2v) is 3.70. The van der Waals surface area contributed by atoms with Gasteiger partial charge in [-0.3, -0.25) is 4.79 Å². The van der Waals surface area contributed by atoms with Crippen LogP contribution < -0.4 is 16.0 Å². The zero-order valence-electron chi connectivity index (χ0n) is 8.81. The Bertz CT molecular complexity index is 583. The number of hydrogen-bond acceptors (Lipinski definition) is 4. The molecule has 2 rings (SSSR count). The summed E-state index contributed by atoms with van der Waals surface area (Å²) in [6.45, 7) is 0.393. The van der Waals surface area contributed by atoms with Gasteiger partial charge in [0.25, 0.3) is 5.88 Å². The summed E-state index contributed by atoms with van der Waals surface area (Å²) in [4.78, 5) is 17.6. The van der Waals surface area contributed by atoms with E-state index in [-0.39, 0.29) is 5.88 Å². The van der Waals surface area contributed by atoms with Crippen molar-refractivity contribution in [2.75, 3.05) is 0 Å². The number of benzene rings is 1. The number of nitrogens with one attached hydrogen (secondary N) is 1.